The Bertz CT molecular complexity index is 816. The number of carbonyl (C=O) groups excluding carboxylic acids is 2. The summed E-state index contributed by atoms with van der Waals surface area (Å²) in [5.74, 6) is -0.516. The molecule has 6 heteroatoms. The van der Waals surface area contributed by atoms with Gasteiger partial charge in [-0.25, -0.2) is 4.39 Å². The molecule has 2 amide bonds. The fraction of sp³-hybridized carbons (Fsp3) is 0.300. The summed E-state index contributed by atoms with van der Waals surface area (Å²) in [5.41, 5.74) is 6.55. The lowest BCUT2D eigenvalue weighted by Gasteiger charge is -2.16. The number of nitrogens with two attached hydrogens (primary N) is 1. The SMILES string of the molecule is CC(NC(=O)c1ccc(C(N)=O)cc1)c1ccc(OCC2CC2)c(F)c1. The van der Waals surface area contributed by atoms with Crippen LogP contribution in [0, 0.1) is 11.7 Å². The van der Waals surface area contributed by atoms with Gasteiger partial charge in [-0.1, -0.05) is 6.07 Å². The van der Waals surface area contributed by atoms with Crippen molar-refractivity contribution in [2.24, 2.45) is 11.7 Å². The minimum absolute atomic E-state index is 0.237. The van der Waals surface area contributed by atoms with Crippen LogP contribution in [-0.4, -0.2) is 18.4 Å². The molecule has 0 bridgehead atoms. The average molecular weight is 356 g/mol. The van der Waals surface area contributed by atoms with Gasteiger partial charge in [-0.3, -0.25) is 9.59 Å². The van der Waals surface area contributed by atoms with E-state index in [0.29, 0.717) is 29.2 Å². The van der Waals surface area contributed by atoms with Crippen molar-refractivity contribution in [1.29, 1.82) is 0 Å². The third kappa shape index (κ3) is 4.39. The van der Waals surface area contributed by atoms with Crippen molar-refractivity contribution in [3.8, 4) is 5.75 Å². The molecule has 1 aliphatic carbocycles. The van der Waals surface area contributed by atoms with E-state index < -0.39 is 11.7 Å². The Labute approximate surface area is 151 Å². The molecule has 1 fully saturated rings. The van der Waals surface area contributed by atoms with Crippen LogP contribution in [0.25, 0.3) is 0 Å². The predicted octanol–water partition coefficient (Wildman–Crippen LogP) is 3.20. The van der Waals surface area contributed by atoms with Crippen LogP contribution in [-0.2, 0) is 0 Å². The number of carbonyl (C=O) groups is 2. The van der Waals surface area contributed by atoms with Crippen molar-refractivity contribution in [3.63, 3.8) is 0 Å². The van der Waals surface area contributed by atoms with E-state index in [0.717, 1.165) is 12.8 Å². The van der Waals surface area contributed by atoms with Gasteiger partial charge in [0, 0.05) is 11.1 Å². The first-order valence-corrected chi connectivity index (χ1v) is 8.57. The molecule has 1 saturated carbocycles. The molecule has 0 spiro atoms. The van der Waals surface area contributed by atoms with Crippen molar-refractivity contribution in [3.05, 3.63) is 65.0 Å². The summed E-state index contributed by atoms with van der Waals surface area (Å²) in [6, 6.07) is 10.4. The fourth-order valence-electron chi connectivity index (χ4n) is 2.54. The standard InChI is InChI=1S/C20H21FN2O3/c1-12(23-20(25)15-6-4-14(5-7-15)19(22)24)16-8-9-18(17(21)10-16)26-11-13-2-3-13/h4-10,12-13H,2-3,11H2,1H3,(H2,22,24)(H,23,25). The number of primary amides is 1. The normalized spacial score (nSPS) is 14.5. The quantitative estimate of drug-likeness (QED) is 0.799. The number of halogens is 1. The summed E-state index contributed by atoms with van der Waals surface area (Å²) in [5, 5.41) is 2.81. The highest BCUT2D eigenvalue weighted by Crippen LogP contribution is 2.30. The number of ether oxygens (including phenoxy) is 1. The number of hydrogen-bond acceptors (Lipinski definition) is 3. The Kier molecular flexibility index (Phi) is 5.21. The number of benzene rings is 2. The Morgan fingerprint density at radius 2 is 1.85 bits per heavy atom. The molecule has 2 aromatic rings. The highest BCUT2D eigenvalue weighted by atomic mass is 19.1. The molecule has 26 heavy (non-hydrogen) atoms. The molecule has 5 nitrogen and oxygen atoms in total. The van der Waals surface area contributed by atoms with Crippen LogP contribution >= 0.6 is 0 Å². The maximum atomic E-state index is 14.2. The van der Waals surface area contributed by atoms with Gasteiger partial charge in [0.05, 0.1) is 12.6 Å². The molecule has 3 rings (SSSR count). The zero-order chi connectivity index (χ0) is 18.7. The van der Waals surface area contributed by atoms with Crippen LogP contribution in [0.15, 0.2) is 42.5 Å². The van der Waals surface area contributed by atoms with Crippen LogP contribution in [0.5, 0.6) is 5.75 Å². The number of rotatable bonds is 7. The first kappa shape index (κ1) is 17.9. The molecule has 0 heterocycles. The second-order valence-corrected chi connectivity index (χ2v) is 6.58. The maximum Gasteiger partial charge on any atom is 0.251 e. The van der Waals surface area contributed by atoms with Gasteiger partial charge in [-0.2, -0.15) is 0 Å². The lowest BCUT2D eigenvalue weighted by molar-refractivity contribution is 0.0937. The summed E-state index contributed by atoms with van der Waals surface area (Å²) in [7, 11) is 0. The molecule has 0 radical (unpaired) electrons. The van der Waals surface area contributed by atoms with E-state index in [9.17, 15) is 14.0 Å². The molecule has 2 aromatic carbocycles. The minimum Gasteiger partial charge on any atom is -0.490 e. The highest BCUT2D eigenvalue weighted by Gasteiger charge is 2.22. The van der Waals surface area contributed by atoms with Gasteiger partial charge >= 0.3 is 0 Å². The molecule has 136 valence electrons. The lowest BCUT2D eigenvalue weighted by atomic mass is 10.1. The van der Waals surface area contributed by atoms with Crippen LogP contribution in [0.1, 0.15) is 52.1 Å². The molecule has 1 unspecified atom stereocenters. The summed E-state index contributed by atoms with van der Waals surface area (Å²) in [6.07, 6.45) is 2.28. The van der Waals surface area contributed by atoms with Crippen molar-refractivity contribution in [2.75, 3.05) is 6.61 Å². The van der Waals surface area contributed by atoms with E-state index in [1.54, 1.807) is 19.1 Å². The fourth-order valence-corrected chi connectivity index (χ4v) is 2.54. The van der Waals surface area contributed by atoms with Crippen molar-refractivity contribution >= 4 is 11.8 Å². The van der Waals surface area contributed by atoms with Gasteiger partial charge in [-0.15, -0.1) is 0 Å². The Morgan fingerprint density at radius 1 is 1.19 bits per heavy atom. The smallest absolute Gasteiger partial charge is 0.251 e. The van der Waals surface area contributed by atoms with E-state index in [-0.39, 0.29) is 17.7 Å². The third-order valence-electron chi connectivity index (χ3n) is 4.41. The minimum atomic E-state index is -0.551. The number of amides is 2. The van der Waals surface area contributed by atoms with Crippen LogP contribution < -0.4 is 15.8 Å². The molecule has 0 saturated heterocycles. The molecule has 1 aliphatic rings. The van der Waals surface area contributed by atoms with E-state index in [4.69, 9.17) is 10.5 Å². The first-order chi connectivity index (χ1) is 12.4. The molecule has 0 aliphatic heterocycles. The van der Waals surface area contributed by atoms with Gasteiger partial charge in [0.2, 0.25) is 5.91 Å². The molecule has 0 aromatic heterocycles. The topological polar surface area (TPSA) is 81.4 Å². The summed E-state index contributed by atoms with van der Waals surface area (Å²) < 4.78 is 19.7. The Hall–Kier alpha value is -2.89. The van der Waals surface area contributed by atoms with Gasteiger partial charge in [-0.05, 0) is 67.6 Å². The maximum absolute atomic E-state index is 14.2. The second kappa shape index (κ2) is 7.56. The van der Waals surface area contributed by atoms with Crippen LogP contribution in [0.3, 0.4) is 0 Å². The zero-order valence-corrected chi connectivity index (χ0v) is 14.5. The van der Waals surface area contributed by atoms with Gasteiger partial charge in [0.1, 0.15) is 0 Å². The number of nitrogens with one attached hydrogen (secondary N) is 1. The monoisotopic (exact) mass is 356 g/mol. The molecular weight excluding hydrogens is 335 g/mol. The zero-order valence-electron chi connectivity index (χ0n) is 14.5. The van der Waals surface area contributed by atoms with Crippen molar-refractivity contribution in [2.45, 2.75) is 25.8 Å². The summed E-state index contributed by atoms with van der Waals surface area (Å²) in [4.78, 5) is 23.4. The van der Waals surface area contributed by atoms with Crippen LogP contribution in [0.4, 0.5) is 4.39 Å². The average Bonchev–Trinajstić information content (AvgIpc) is 3.45. The largest absolute Gasteiger partial charge is 0.490 e. The second-order valence-electron chi connectivity index (χ2n) is 6.58. The highest BCUT2D eigenvalue weighted by molar-refractivity contribution is 5.97. The van der Waals surface area contributed by atoms with Gasteiger partial charge < -0.3 is 15.8 Å². The predicted molar refractivity (Wildman–Crippen MR) is 95.5 cm³/mol. The number of hydrogen-bond donors (Lipinski definition) is 2. The Balaban J connectivity index is 1.62. The van der Waals surface area contributed by atoms with E-state index in [1.807, 2.05) is 0 Å². The molecule has 1 atom stereocenters. The lowest BCUT2D eigenvalue weighted by Crippen LogP contribution is -2.26. The van der Waals surface area contributed by atoms with Crippen molar-refractivity contribution in [1.82, 2.24) is 5.32 Å². The third-order valence-corrected chi connectivity index (χ3v) is 4.41. The summed E-state index contributed by atoms with van der Waals surface area (Å²) >= 11 is 0. The first-order valence-electron chi connectivity index (χ1n) is 8.57. The summed E-state index contributed by atoms with van der Waals surface area (Å²) in [6.45, 7) is 2.32. The van der Waals surface area contributed by atoms with E-state index in [1.165, 1.54) is 30.3 Å². The molecule has 3 N–H and O–H groups in total. The Morgan fingerprint density at radius 3 is 2.42 bits per heavy atom. The van der Waals surface area contributed by atoms with E-state index >= 15 is 0 Å². The van der Waals surface area contributed by atoms with E-state index in [2.05, 4.69) is 5.32 Å². The van der Waals surface area contributed by atoms with Crippen LogP contribution in [0.2, 0.25) is 0 Å². The van der Waals surface area contributed by atoms with Gasteiger partial charge in [0.25, 0.3) is 5.91 Å². The van der Waals surface area contributed by atoms with Gasteiger partial charge in [0.15, 0.2) is 11.6 Å². The van der Waals surface area contributed by atoms with Crippen molar-refractivity contribution < 1.29 is 18.7 Å². The molecular formula is C20H21FN2O3.